The van der Waals surface area contributed by atoms with Crippen LogP contribution in [0.5, 0.6) is 0 Å². The highest BCUT2D eigenvalue weighted by Crippen LogP contribution is 2.15. The molecule has 2 rings (SSSR count). The van der Waals surface area contributed by atoms with Crippen molar-refractivity contribution in [1.82, 2.24) is 10.6 Å². The van der Waals surface area contributed by atoms with Gasteiger partial charge in [-0.3, -0.25) is 0 Å². The Balaban J connectivity index is 1.80. The molecule has 0 bridgehead atoms. The summed E-state index contributed by atoms with van der Waals surface area (Å²) in [6.45, 7) is 0.718. The van der Waals surface area contributed by atoms with Crippen molar-refractivity contribution >= 4 is 22.0 Å². The number of amides is 2. The first-order chi connectivity index (χ1) is 9.65. The predicted octanol–water partition coefficient (Wildman–Crippen LogP) is 3.59. The average Bonchev–Trinajstić information content (AvgIpc) is 2.44. The van der Waals surface area contributed by atoms with Crippen LogP contribution in [0, 0.1) is 5.82 Å². The van der Waals surface area contributed by atoms with Gasteiger partial charge in [-0.05, 0) is 29.3 Å². The van der Waals surface area contributed by atoms with E-state index in [1.54, 1.807) is 12.1 Å². The number of carbonyl (C=O) groups is 1. The van der Waals surface area contributed by atoms with Crippen LogP contribution in [0.3, 0.4) is 0 Å². The summed E-state index contributed by atoms with van der Waals surface area (Å²) in [5.74, 6) is -0.307. The number of hydrogen-bond donors (Lipinski definition) is 2. The second-order valence-electron chi connectivity index (χ2n) is 4.26. The van der Waals surface area contributed by atoms with Crippen molar-refractivity contribution in [3.8, 4) is 0 Å². The fourth-order valence-corrected chi connectivity index (χ4v) is 2.13. The minimum absolute atomic E-state index is 0.287. The molecule has 0 atom stereocenters. The summed E-state index contributed by atoms with van der Waals surface area (Å²) in [6.07, 6.45) is 0. The van der Waals surface area contributed by atoms with Gasteiger partial charge in [-0.25, -0.2) is 9.18 Å². The van der Waals surface area contributed by atoms with Crippen LogP contribution in [0.15, 0.2) is 53.0 Å². The number of carbonyl (C=O) groups excluding carboxylic acids is 1. The molecule has 0 aliphatic heterocycles. The van der Waals surface area contributed by atoms with Crippen molar-refractivity contribution in [3.63, 3.8) is 0 Å². The van der Waals surface area contributed by atoms with Gasteiger partial charge in [-0.1, -0.05) is 46.3 Å². The first-order valence-corrected chi connectivity index (χ1v) is 6.94. The van der Waals surface area contributed by atoms with Crippen LogP contribution in [-0.2, 0) is 13.1 Å². The lowest BCUT2D eigenvalue weighted by Gasteiger charge is -2.09. The molecule has 0 saturated carbocycles. The van der Waals surface area contributed by atoms with Gasteiger partial charge in [0.15, 0.2) is 0 Å². The van der Waals surface area contributed by atoms with E-state index in [4.69, 9.17) is 0 Å². The zero-order valence-corrected chi connectivity index (χ0v) is 12.3. The molecule has 0 unspecified atom stereocenters. The maximum absolute atomic E-state index is 13.0. The molecule has 0 heterocycles. The van der Waals surface area contributed by atoms with Crippen LogP contribution < -0.4 is 10.6 Å². The van der Waals surface area contributed by atoms with Crippen LogP contribution in [0.1, 0.15) is 11.1 Å². The lowest BCUT2D eigenvalue weighted by Crippen LogP contribution is -2.34. The van der Waals surface area contributed by atoms with E-state index in [1.807, 2.05) is 24.3 Å². The highest BCUT2D eigenvalue weighted by Gasteiger charge is 2.03. The standard InChI is InChI=1S/C15H14BrFN2O/c16-14-7-2-1-5-12(14)10-19-15(20)18-9-11-4-3-6-13(17)8-11/h1-8H,9-10H2,(H2,18,19,20). The largest absolute Gasteiger partial charge is 0.334 e. The first-order valence-electron chi connectivity index (χ1n) is 6.15. The molecular weight excluding hydrogens is 323 g/mol. The molecular formula is C15H14BrFN2O. The van der Waals surface area contributed by atoms with Gasteiger partial charge >= 0.3 is 6.03 Å². The third-order valence-electron chi connectivity index (χ3n) is 2.74. The Kier molecular flexibility index (Phi) is 5.12. The predicted molar refractivity (Wildman–Crippen MR) is 79.6 cm³/mol. The Bertz CT molecular complexity index is 604. The van der Waals surface area contributed by atoms with Gasteiger partial charge in [-0.2, -0.15) is 0 Å². The number of urea groups is 1. The van der Waals surface area contributed by atoms with Crippen molar-refractivity contribution in [2.45, 2.75) is 13.1 Å². The first kappa shape index (κ1) is 14.5. The fourth-order valence-electron chi connectivity index (χ4n) is 1.71. The summed E-state index contributed by atoms with van der Waals surface area (Å²) in [5.41, 5.74) is 1.72. The van der Waals surface area contributed by atoms with E-state index in [1.165, 1.54) is 12.1 Å². The van der Waals surface area contributed by atoms with E-state index >= 15 is 0 Å². The monoisotopic (exact) mass is 336 g/mol. The zero-order chi connectivity index (χ0) is 14.4. The van der Waals surface area contributed by atoms with Crippen LogP contribution >= 0.6 is 15.9 Å². The molecule has 0 saturated heterocycles. The van der Waals surface area contributed by atoms with E-state index in [-0.39, 0.29) is 11.8 Å². The topological polar surface area (TPSA) is 41.1 Å². The van der Waals surface area contributed by atoms with Gasteiger partial charge in [0.05, 0.1) is 0 Å². The van der Waals surface area contributed by atoms with E-state index in [2.05, 4.69) is 26.6 Å². The SMILES string of the molecule is O=C(NCc1cccc(F)c1)NCc1ccccc1Br. The maximum atomic E-state index is 13.0. The lowest BCUT2D eigenvalue weighted by atomic mass is 10.2. The van der Waals surface area contributed by atoms with Crippen molar-refractivity contribution in [3.05, 3.63) is 69.9 Å². The smallest absolute Gasteiger partial charge is 0.315 e. The highest BCUT2D eigenvalue weighted by atomic mass is 79.9. The Morgan fingerprint density at radius 1 is 1.05 bits per heavy atom. The Labute approximate surface area is 125 Å². The summed E-state index contributed by atoms with van der Waals surface area (Å²) >= 11 is 3.42. The quantitative estimate of drug-likeness (QED) is 0.880. The molecule has 0 fully saturated rings. The third kappa shape index (κ3) is 4.35. The van der Waals surface area contributed by atoms with Gasteiger partial charge in [0.25, 0.3) is 0 Å². The fraction of sp³-hybridized carbons (Fsp3) is 0.133. The lowest BCUT2D eigenvalue weighted by molar-refractivity contribution is 0.240. The maximum Gasteiger partial charge on any atom is 0.315 e. The second kappa shape index (κ2) is 7.05. The summed E-state index contributed by atoms with van der Waals surface area (Å²) < 4.78 is 13.9. The molecule has 0 aliphatic carbocycles. The van der Waals surface area contributed by atoms with Crippen molar-refractivity contribution < 1.29 is 9.18 Å². The molecule has 0 spiro atoms. The summed E-state index contributed by atoms with van der Waals surface area (Å²) in [7, 11) is 0. The number of hydrogen-bond acceptors (Lipinski definition) is 1. The van der Waals surface area contributed by atoms with Crippen molar-refractivity contribution in [2.24, 2.45) is 0 Å². The Morgan fingerprint density at radius 2 is 1.80 bits per heavy atom. The van der Waals surface area contributed by atoms with Crippen molar-refractivity contribution in [1.29, 1.82) is 0 Å². The molecule has 0 aromatic heterocycles. The number of nitrogens with one attached hydrogen (secondary N) is 2. The molecule has 2 amide bonds. The van der Waals surface area contributed by atoms with Gasteiger partial charge in [0.2, 0.25) is 0 Å². The molecule has 0 radical (unpaired) electrons. The molecule has 5 heteroatoms. The summed E-state index contributed by atoms with van der Waals surface area (Å²) in [4.78, 5) is 11.7. The average molecular weight is 337 g/mol. The van der Waals surface area contributed by atoms with Crippen LogP contribution in [-0.4, -0.2) is 6.03 Å². The normalized spacial score (nSPS) is 10.1. The van der Waals surface area contributed by atoms with E-state index in [9.17, 15) is 9.18 Å². The number of rotatable bonds is 4. The minimum atomic E-state index is -0.307. The van der Waals surface area contributed by atoms with Crippen LogP contribution in [0.4, 0.5) is 9.18 Å². The van der Waals surface area contributed by atoms with Gasteiger partial charge in [-0.15, -0.1) is 0 Å². The Morgan fingerprint density at radius 3 is 2.55 bits per heavy atom. The summed E-state index contributed by atoms with van der Waals surface area (Å²) in [5, 5.41) is 5.43. The minimum Gasteiger partial charge on any atom is -0.334 e. The third-order valence-corrected chi connectivity index (χ3v) is 3.51. The molecule has 3 nitrogen and oxygen atoms in total. The zero-order valence-electron chi connectivity index (χ0n) is 10.7. The number of benzene rings is 2. The molecule has 0 aliphatic rings. The van der Waals surface area contributed by atoms with E-state index in [0.29, 0.717) is 13.1 Å². The van der Waals surface area contributed by atoms with Crippen LogP contribution in [0.25, 0.3) is 0 Å². The Hall–Kier alpha value is -1.88. The number of halogens is 2. The van der Waals surface area contributed by atoms with Crippen LogP contribution in [0.2, 0.25) is 0 Å². The molecule has 20 heavy (non-hydrogen) atoms. The van der Waals surface area contributed by atoms with E-state index in [0.717, 1.165) is 15.6 Å². The molecule has 2 aromatic rings. The van der Waals surface area contributed by atoms with Gasteiger partial charge in [0.1, 0.15) is 5.82 Å². The van der Waals surface area contributed by atoms with Gasteiger partial charge in [0, 0.05) is 17.6 Å². The van der Waals surface area contributed by atoms with Crippen molar-refractivity contribution in [2.75, 3.05) is 0 Å². The van der Waals surface area contributed by atoms with Gasteiger partial charge < -0.3 is 10.6 Å². The van der Waals surface area contributed by atoms with E-state index < -0.39 is 0 Å². The molecule has 2 aromatic carbocycles. The molecule has 104 valence electrons. The highest BCUT2D eigenvalue weighted by molar-refractivity contribution is 9.10. The second-order valence-corrected chi connectivity index (χ2v) is 5.11. The summed E-state index contributed by atoms with van der Waals surface area (Å²) in [6, 6.07) is 13.5. The molecule has 2 N–H and O–H groups in total.